The van der Waals surface area contributed by atoms with Crippen LogP contribution in [-0.2, 0) is 16.0 Å². The van der Waals surface area contributed by atoms with Gasteiger partial charge in [0.2, 0.25) is 0 Å². The minimum atomic E-state index is -0.636. The summed E-state index contributed by atoms with van der Waals surface area (Å²) < 4.78 is 24.5. The van der Waals surface area contributed by atoms with Gasteiger partial charge in [0.1, 0.15) is 23.2 Å². The van der Waals surface area contributed by atoms with E-state index in [2.05, 4.69) is 10.1 Å². The van der Waals surface area contributed by atoms with Gasteiger partial charge in [-0.2, -0.15) is 5.26 Å². The van der Waals surface area contributed by atoms with Crippen molar-refractivity contribution in [1.29, 1.82) is 5.26 Å². The monoisotopic (exact) mass is 492 g/mol. The highest BCUT2D eigenvalue weighted by Crippen LogP contribution is 2.32. The zero-order chi connectivity index (χ0) is 25.4. The first kappa shape index (κ1) is 25.5. The maximum Gasteiger partial charge on any atom is 0.337 e. The van der Waals surface area contributed by atoms with Gasteiger partial charge in [0.15, 0.2) is 0 Å². The Hall–Kier alpha value is -4.15. The molecule has 0 saturated carbocycles. The number of carbonyl (C=O) groups is 2. The Balaban J connectivity index is 1.87. The molecule has 35 heavy (non-hydrogen) atoms. The number of esters is 1. The molecule has 0 saturated heterocycles. The molecule has 0 atom stereocenters. The predicted octanol–water partition coefficient (Wildman–Crippen LogP) is 5.80. The van der Waals surface area contributed by atoms with Crippen molar-refractivity contribution in [3.05, 3.63) is 99.3 Å². The van der Waals surface area contributed by atoms with Gasteiger partial charge in [0, 0.05) is 22.7 Å². The van der Waals surface area contributed by atoms with E-state index in [1.54, 1.807) is 30.3 Å². The van der Waals surface area contributed by atoms with Crippen LogP contribution >= 0.6 is 11.6 Å². The molecule has 0 radical (unpaired) electrons. The van der Waals surface area contributed by atoms with E-state index in [0.29, 0.717) is 45.3 Å². The van der Waals surface area contributed by atoms with Crippen molar-refractivity contribution in [2.45, 2.75) is 13.3 Å². The van der Waals surface area contributed by atoms with Crippen molar-refractivity contribution < 1.29 is 23.5 Å². The molecule has 0 aliphatic rings. The number of ether oxygens (including phenoxy) is 2. The molecule has 0 unspecified atom stereocenters. The quantitative estimate of drug-likeness (QED) is 0.244. The van der Waals surface area contributed by atoms with Crippen LogP contribution in [0.3, 0.4) is 0 Å². The molecule has 6 nitrogen and oxygen atoms in total. The third-order valence-electron chi connectivity index (χ3n) is 5.04. The van der Waals surface area contributed by atoms with E-state index in [1.807, 2.05) is 13.0 Å². The van der Waals surface area contributed by atoms with Crippen molar-refractivity contribution >= 4 is 35.2 Å². The second kappa shape index (κ2) is 11.8. The lowest BCUT2D eigenvalue weighted by Gasteiger charge is -2.14. The van der Waals surface area contributed by atoms with Gasteiger partial charge in [0.25, 0.3) is 5.91 Å². The summed E-state index contributed by atoms with van der Waals surface area (Å²) in [5.74, 6) is -1.05. The Morgan fingerprint density at radius 1 is 1.14 bits per heavy atom. The Morgan fingerprint density at radius 3 is 2.49 bits per heavy atom. The van der Waals surface area contributed by atoms with Crippen LogP contribution in [0.2, 0.25) is 5.02 Å². The molecule has 0 aromatic heterocycles. The molecule has 0 bridgehead atoms. The molecule has 0 aliphatic carbocycles. The fourth-order valence-electron chi connectivity index (χ4n) is 3.32. The number of hydrogen-bond donors (Lipinski definition) is 1. The molecule has 3 rings (SSSR count). The summed E-state index contributed by atoms with van der Waals surface area (Å²) in [6.07, 6.45) is 1.61. The zero-order valence-corrected chi connectivity index (χ0v) is 19.9. The van der Waals surface area contributed by atoms with Crippen molar-refractivity contribution in [2.24, 2.45) is 0 Å². The highest BCUT2D eigenvalue weighted by molar-refractivity contribution is 6.31. The smallest absolute Gasteiger partial charge is 0.337 e. The van der Waals surface area contributed by atoms with E-state index >= 15 is 0 Å². The zero-order valence-electron chi connectivity index (χ0n) is 19.1. The highest BCUT2D eigenvalue weighted by atomic mass is 35.5. The largest absolute Gasteiger partial charge is 0.494 e. The molecular formula is C27H22ClFN2O4. The fourth-order valence-corrected chi connectivity index (χ4v) is 3.61. The molecule has 8 heteroatoms. The molecular weight excluding hydrogens is 471 g/mol. The van der Waals surface area contributed by atoms with Crippen LogP contribution in [0.15, 0.2) is 66.2 Å². The minimum Gasteiger partial charge on any atom is -0.494 e. The van der Waals surface area contributed by atoms with Crippen molar-refractivity contribution in [1.82, 2.24) is 0 Å². The number of nitriles is 1. The van der Waals surface area contributed by atoms with Gasteiger partial charge < -0.3 is 14.8 Å². The Kier molecular flexibility index (Phi) is 8.60. The average Bonchev–Trinajstić information content (AvgIpc) is 2.85. The molecule has 178 valence electrons. The summed E-state index contributed by atoms with van der Waals surface area (Å²) >= 11 is 6.51. The van der Waals surface area contributed by atoms with E-state index in [9.17, 15) is 19.2 Å². The number of nitrogens with one attached hydrogen (secondary N) is 1. The highest BCUT2D eigenvalue weighted by Gasteiger charge is 2.16. The maximum atomic E-state index is 14.2. The van der Waals surface area contributed by atoms with Crippen LogP contribution in [0, 0.1) is 17.1 Å². The number of rotatable bonds is 8. The van der Waals surface area contributed by atoms with Crippen LogP contribution in [0.4, 0.5) is 10.1 Å². The van der Waals surface area contributed by atoms with Crippen LogP contribution in [0.5, 0.6) is 5.75 Å². The average molecular weight is 493 g/mol. The lowest BCUT2D eigenvalue weighted by molar-refractivity contribution is -0.112. The standard InChI is InChI=1S/C27H22ClFN2O4/c1-3-35-25-14-17(13-23(28)22(25)15-19-6-4-5-7-24(19)29)12-20(16-30)26(32)31-21-10-8-18(9-11-21)27(33)34-2/h4-14H,3,15H2,1-2H3,(H,31,32)/b20-12+. The maximum absolute atomic E-state index is 14.2. The minimum absolute atomic E-state index is 0.164. The van der Waals surface area contributed by atoms with Gasteiger partial charge in [-0.1, -0.05) is 29.8 Å². The summed E-state index contributed by atoms with van der Waals surface area (Å²) in [7, 11) is 1.28. The van der Waals surface area contributed by atoms with Crippen molar-refractivity contribution in [2.75, 3.05) is 19.0 Å². The first-order valence-corrected chi connectivity index (χ1v) is 11.0. The van der Waals surface area contributed by atoms with E-state index in [4.69, 9.17) is 16.3 Å². The molecule has 0 aliphatic heterocycles. The number of nitrogens with zero attached hydrogens (tertiary/aromatic N) is 1. The third kappa shape index (κ3) is 6.46. The summed E-state index contributed by atoms with van der Waals surface area (Å²) in [6.45, 7) is 2.16. The summed E-state index contributed by atoms with van der Waals surface area (Å²) in [5, 5.41) is 12.5. The van der Waals surface area contributed by atoms with Crippen LogP contribution in [0.25, 0.3) is 6.08 Å². The number of halogens is 2. The third-order valence-corrected chi connectivity index (χ3v) is 5.38. The number of methoxy groups -OCH3 is 1. The summed E-state index contributed by atoms with van der Waals surface area (Å²) in [6, 6.07) is 17.6. The predicted molar refractivity (Wildman–Crippen MR) is 132 cm³/mol. The first-order valence-electron chi connectivity index (χ1n) is 10.7. The number of anilines is 1. The van der Waals surface area contributed by atoms with E-state index in [1.165, 1.54) is 43.5 Å². The SMILES string of the molecule is CCOc1cc(/C=C(\C#N)C(=O)Nc2ccc(C(=O)OC)cc2)cc(Cl)c1Cc1ccccc1F. The normalized spacial score (nSPS) is 10.9. The van der Waals surface area contributed by atoms with Gasteiger partial charge >= 0.3 is 5.97 Å². The summed E-state index contributed by atoms with van der Waals surface area (Å²) in [5.41, 5.74) is 2.11. The second-order valence-electron chi connectivity index (χ2n) is 7.37. The lowest BCUT2D eigenvalue weighted by Crippen LogP contribution is -2.13. The van der Waals surface area contributed by atoms with Crippen molar-refractivity contribution in [3.63, 3.8) is 0 Å². The molecule has 3 aromatic carbocycles. The fraction of sp³-hybridized carbons (Fsp3) is 0.148. The molecule has 1 amide bonds. The van der Waals surface area contributed by atoms with Gasteiger partial charge in [-0.15, -0.1) is 0 Å². The molecule has 0 heterocycles. The van der Waals surface area contributed by atoms with Crippen LogP contribution in [0.1, 0.15) is 34.0 Å². The molecule has 0 spiro atoms. The van der Waals surface area contributed by atoms with Crippen LogP contribution in [-0.4, -0.2) is 25.6 Å². The number of hydrogen-bond acceptors (Lipinski definition) is 5. The van der Waals surface area contributed by atoms with Crippen molar-refractivity contribution in [3.8, 4) is 11.8 Å². The molecule has 3 aromatic rings. The Labute approximate surface area is 207 Å². The van der Waals surface area contributed by atoms with E-state index < -0.39 is 11.9 Å². The topological polar surface area (TPSA) is 88.4 Å². The van der Waals surface area contributed by atoms with Gasteiger partial charge in [-0.3, -0.25) is 4.79 Å². The second-order valence-corrected chi connectivity index (χ2v) is 7.78. The Morgan fingerprint density at radius 2 is 1.86 bits per heavy atom. The lowest BCUT2D eigenvalue weighted by atomic mass is 10.0. The number of amides is 1. The number of carbonyl (C=O) groups excluding carboxylic acids is 2. The van der Waals surface area contributed by atoms with Gasteiger partial charge in [-0.05, 0) is 66.6 Å². The van der Waals surface area contributed by atoms with Gasteiger partial charge in [0.05, 0.1) is 19.3 Å². The van der Waals surface area contributed by atoms with Crippen LogP contribution < -0.4 is 10.1 Å². The molecule has 1 N–H and O–H groups in total. The number of benzene rings is 3. The van der Waals surface area contributed by atoms with Gasteiger partial charge in [-0.25, -0.2) is 9.18 Å². The first-order chi connectivity index (χ1) is 16.9. The van der Waals surface area contributed by atoms with E-state index in [-0.39, 0.29) is 17.8 Å². The Bertz CT molecular complexity index is 1310. The van der Waals surface area contributed by atoms with E-state index in [0.717, 1.165) is 0 Å². The molecule has 0 fully saturated rings. The summed E-state index contributed by atoms with van der Waals surface area (Å²) in [4.78, 5) is 24.2.